The number of aromatic nitrogens is 3. The van der Waals surface area contributed by atoms with Crippen molar-refractivity contribution < 1.29 is 26.7 Å². The van der Waals surface area contributed by atoms with Gasteiger partial charge in [0, 0.05) is 48.5 Å². The van der Waals surface area contributed by atoms with E-state index in [1.165, 1.54) is 30.5 Å². The number of benzene rings is 3. The summed E-state index contributed by atoms with van der Waals surface area (Å²) in [5.41, 5.74) is 0.809. The van der Waals surface area contributed by atoms with Crippen LogP contribution in [-0.4, -0.2) is 28.8 Å². The van der Waals surface area contributed by atoms with E-state index >= 15 is 4.39 Å². The van der Waals surface area contributed by atoms with Crippen molar-refractivity contribution in [2.75, 3.05) is 6.61 Å². The van der Waals surface area contributed by atoms with Gasteiger partial charge in [0.2, 0.25) is 0 Å². The summed E-state index contributed by atoms with van der Waals surface area (Å²) in [4.78, 5) is 0.0568. The molecule has 0 aliphatic carbocycles. The van der Waals surface area contributed by atoms with Gasteiger partial charge in [-0.3, -0.25) is 0 Å². The van der Waals surface area contributed by atoms with Crippen molar-refractivity contribution in [3.8, 4) is 17.6 Å². The summed E-state index contributed by atoms with van der Waals surface area (Å²) < 4.78 is 71.2. The SMILES string of the molecule is N#Cc1cc(Oc2c(F)cc3c(ccn3S(=O)(=O)c3ccccc3)c2Cc2ccn(C3CCCCO3)n2)ccc1F. The van der Waals surface area contributed by atoms with E-state index < -0.39 is 21.7 Å². The van der Waals surface area contributed by atoms with E-state index in [-0.39, 0.29) is 40.1 Å². The monoisotopic (exact) mass is 574 g/mol. The zero-order valence-electron chi connectivity index (χ0n) is 21.7. The van der Waals surface area contributed by atoms with Gasteiger partial charge >= 0.3 is 0 Å². The van der Waals surface area contributed by atoms with Gasteiger partial charge in [-0.25, -0.2) is 25.9 Å². The molecular weight excluding hydrogens is 550 g/mol. The minimum Gasteiger partial charge on any atom is -0.454 e. The van der Waals surface area contributed by atoms with E-state index in [1.807, 2.05) is 0 Å². The van der Waals surface area contributed by atoms with Gasteiger partial charge in [-0.2, -0.15) is 10.4 Å². The van der Waals surface area contributed by atoms with Gasteiger partial charge in [0.1, 0.15) is 23.9 Å². The zero-order valence-corrected chi connectivity index (χ0v) is 22.5. The summed E-state index contributed by atoms with van der Waals surface area (Å²) in [5, 5.41) is 14.3. The first-order valence-corrected chi connectivity index (χ1v) is 14.5. The lowest BCUT2D eigenvalue weighted by Crippen LogP contribution is -2.18. The highest BCUT2D eigenvalue weighted by Gasteiger charge is 2.25. The quantitative estimate of drug-likeness (QED) is 0.226. The van der Waals surface area contributed by atoms with Crippen molar-refractivity contribution in [1.29, 1.82) is 5.26 Å². The Morgan fingerprint density at radius 2 is 1.85 bits per heavy atom. The summed E-state index contributed by atoms with van der Waals surface area (Å²) in [6.45, 7) is 0.647. The third-order valence-electron chi connectivity index (χ3n) is 7.02. The average molecular weight is 575 g/mol. The fourth-order valence-corrected chi connectivity index (χ4v) is 6.35. The molecule has 6 rings (SSSR count). The van der Waals surface area contributed by atoms with Crippen molar-refractivity contribution in [3.05, 3.63) is 108 Å². The summed E-state index contributed by atoms with van der Waals surface area (Å²) >= 11 is 0. The molecule has 0 N–H and O–H groups in total. The second kappa shape index (κ2) is 10.8. The first kappa shape index (κ1) is 26.7. The van der Waals surface area contributed by atoms with Crippen molar-refractivity contribution in [1.82, 2.24) is 13.8 Å². The second-order valence-corrected chi connectivity index (χ2v) is 11.5. The molecule has 0 amide bonds. The lowest BCUT2D eigenvalue weighted by atomic mass is 10.0. The molecular formula is C30H24F2N4O4S. The number of fused-ring (bicyclic) bond motifs is 1. The molecule has 1 unspecified atom stereocenters. The highest BCUT2D eigenvalue weighted by molar-refractivity contribution is 7.90. The van der Waals surface area contributed by atoms with Crippen molar-refractivity contribution in [2.24, 2.45) is 0 Å². The predicted molar refractivity (Wildman–Crippen MR) is 146 cm³/mol. The Hall–Kier alpha value is -4.53. The summed E-state index contributed by atoms with van der Waals surface area (Å²) in [7, 11) is -4.03. The topological polar surface area (TPSA) is 99.1 Å². The molecule has 1 fully saturated rings. The molecule has 11 heteroatoms. The Kier molecular flexibility index (Phi) is 7.03. The number of nitrogens with zero attached hydrogens (tertiary/aromatic N) is 4. The summed E-state index contributed by atoms with van der Waals surface area (Å²) in [6, 6.07) is 17.6. The number of hydrogen-bond acceptors (Lipinski definition) is 6. The number of rotatable bonds is 7. The molecule has 1 aliphatic heterocycles. The van der Waals surface area contributed by atoms with Gasteiger partial charge < -0.3 is 9.47 Å². The molecule has 5 aromatic rings. The van der Waals surface area contributed by atoms with Crippen molar-refractivity contribution >= 4 is 20.9 Å². The molecule has 41 heavy (non-hydrogen) atoms. The van der Waals surface area contributed by atoms with E-state index in [1.54, 1.807) is 47.3 Å². The minimum absolute atomic E-state index is 0.0555. The van der Waals surface area contributed by atoms with Gasteiger partial charge in [0.15, 0.2) is 11.6 Å². The third kappa shape index (κ3) is 5.08. The van der Waals surface area contributed by atoms with Gasteiger partial charge in [0.25, 0.3) is 10.0 Å². The maximum Gasteiger partial charge on any atom is 0.268 e. The molecule has 208 valence electrons. The Morgan fingerprint density at radius 1 is 1.02 bits per heavy atom. The predicted octanol–water partition coefficient (Wildman–Crippen LogP) is 6.31. The fraction of sp³-hybridized carbons (Fsp3) is 0.200. The molecule has 0 saturated carbocycles. The molecule has 2 aromatic heterocycles. The van der Waals surface area contributed by atoms with E-state index in [4.69, 9.17) is 9.47 Å². The molecule has 1 saturated heterocycles. The average Bonchev–Trinajstić information content (AvgIpc) is 3.64. The van der Waals surface area contributed by atoms with E-state index in [2.05, 4.69) is 5.10 Å². The van der Waals surface area contributed by atoms with E-state index in [9.17, 15) is 18.1 Å². The number of halogens is 2. The largest absolute Gasteiger partial charge is 0.454 e. The molecule has 1 aliphatic rings. The Bertz CT molecular complexity index is 1890. The highest BCUT2D eigenvalue weighted by atomic mass is 32.2. The van der Waals surface area contributed by atoms with Crippen LogP contribution in [0.5, 0.6) is 11.5 Å². The third-order valence-corrected chi connectivity index (χ3v) is 8.72. The second-order valence-electron chi connectivity index (χ2n) is 9.67. The summed E-state index contributed by atoms with van der Waals surface area (Å²) in [5.74, 6) is -1.67. The van der Waals surface area contributed by atoms with Gasteiger partial charge in [-0.05, 0) is 55.7 Å². The maximum absolute atomic E-state index is 15.9. The van der Waals surface area contributed by atoms with Crippen LogP contribution >= 0.6 is 0 Å². The highest BCUT2D eigenvalue weighted by Crippen LogP contribution is 2.38. The van der Waals surface area contributed by atoms with Crippen LogP contribution in [0.2, 0.25) is 0 Å². The van der Waals surface area contributed by atoms with E-state index in [0.717, 1.165) is 35.4 Å². The van der Waals surface area contributed by atoms with Crippen LogP contribution < -0.4 is 4.74 Å². The van der Waals surface area contributed by atoms with Crippen LogP contribution in [0.3, 0.4) is 0 Å². The minimum atomic E-state index is -4.03. The number of ether oxygens (including phenoxy) is 2. The Labute approximate surface area is 235 Å². The van der Waals surface area contributed by atoms with Crippen LogP contribution in [0, 0.1) is 23.0 Å². The first-order valence-electron chi connectivity index (χ1n) is 13.0. The number of hydrogen-bond donors (Lipinski definition) is 0. The molecule has 0 bridgehead atoms. The molecule has 3 aromatic carbocycles. The number of nitriles is 1. The molecule has 3 heterocycles. The molecule has 0 radical (unpaired) electrons. The van der Waals surface area contributed by atoms with Crippen LogP contribution in [-0.2, 0) is 21.2 Å². The molecule has 8 nitrogen and oxygen atoms in total. The maximum atomic E-state index is 15.9. The zero-order chi connectivity index (χ0) is 28.6. The molecule has 1 atom stereocenters. The van der Waals surface area contributed by atoms with Crippen LogP contribution in [0.4, 0.5) is 8.78 Å². The molecule has 0 spiro atoms. The van der Waals surface area contributed by atoms with Crippen LogP contribution in [0.15, 0.2) is 84.0 Å². The van der Waals surface area contributed by atoms with Gasteiger partial charge in [0.05, 0.1) is 21.7 Å². The lowest BCUT2D eigenvalue weighted by molar-refractivity contribution is -0.0396. The van der Waals surface area contributed by atoms with Crippen molar-refractivity contribution in [3.63, 3.8) is 0 Å². The van der Waals surface area contributed by atoms with Crippen LogP contribution in [0.25, 0.3) is 10.9 Å². The van der Waals surface area contributed by atoms with Crippen molar-refractivity contribution in [2.45, 2.75) is 36.8 Å². The van der Waals surface area contributed by atoms with Gasteiger partial charge in [-0.1, -0.05) is 18.2 Å². The normalized spacial score (nSPS) is 15.6. The van der Waals surface area contributed by atoms with Gasteiger partial charge in [-0.15, -0.1) is 0 Å². The lowest BCUT2D eigenvalue weighted by Gasteiger charge is -2.22. The van der Waals surface area contributed by atoms with Crippen LogP contribution in [0.1, 0.15) is 42.3 Å². The van der Waals surface area contributed by atoms with E-state index in [0.29, 0.717) is 23.3 Å². The standard InChI is InChI=1S/C30H24F2N4O4S/c31-26-10-9-22(16-20(26)19-33)40-30-25(17-21-11-13-35(34-21)29-8-4-5-15-39-29)24-12-14-36(28(24)18-27(30)32)41(37,38)23-6-2-1-3-7-23/h1-3,6-7,9-14,16,18,29H,4-5,8,15,17H2. The fourth-order valence-electron chi connectivity index (χ4n) is 4.99. The first-order chi connectivity index (χ1) is 19.8. The smallest absolute Gasteiger partial charge is 0.268 e. The summed E-state index contributed by atoms with van der Waals surface area (Å²) in [6.07, 6.45) is 5.92. The Morgan fingerprint density at radius 3 is 2.61 bits per heavy atom. The Balaban J connectivity index is 1.47.